The molecule has 2 aromatic carbocycles. The van der Waals surface area contributed by atoms with Crippen molar-refractivity contribution in [3.63, 3.8) is 0 Å². The van der Waals surface area contributed by atoms with Gasteiger partial charge in [-0.1, -0.05) is 25.1 Å². The molecule has 22 heavy (non-hydrogen) atoms. The van der Waals surface area contributed by atoms with Gasteiger partial charge in [0.15, 0.2) is 0 Å². The minimum Gasteiger partial charge on any atom is -0.508 e. The molecule has 0 aromatic heterocycles. The normalized spacial score (nSPS) is 12.5. The summed E-state index contributed by atoms with van der Waals surface area (Å²) in [7, 11) is 0. The van der Waals surface area contributed by atoms with E-state index in [1.807, 2.05) is 13.0 Å². The Balaban J connectivity index is 2.15. The summed E-state index contributed by atoms with van der Waals surface area (Å²) in [4.78, 5) is 0. The summed E-state index contributed by atoms with van der Waals surface area (Å²) in [6.45, 7) is 13.0. The van der Waals surface area contributed by atoms with Crippen molar-refractivity contribution in [2.24, 2.45) is 0 Å². The second-order valence-corrected chi connectivity index (χ2v) is 6.80. The first-order chi connectivity index (χ1) is 10.3. The van der Waals surface area contributed by atoms with Crippen molar-refractivity contribution in [1.82, 2.24) is 0 Å². The van der Waals surface area contributed by atoms with Crippen molar-refractivity contribution in [2.75, 3.05) is 0 Å². The summed E-state index contributed by atoms with van der Waals surface area (Å²) >= 11 is 0. The van der Waals surface area contributed by atoms with Gasteiger partial charge in [-0.15, -0.1) is 0 Å². The van der Waals surface area contributed by atoms with E-state index in [0.29, 0.717) is 11.7 Å². The molecule has 0 aliphatic carbocycles. The topological polar surface area (TPSA) is 20.2 Å². The molecule has 0 heterocycles. The molecular weight excluding hydrogens is 268 g/mol. The lowest BCUT2D eigenvalue weighted by Gasteiger charge is -2.18. The number of phenolic OH excluding ortho intramolecular Hbond substituents is 1. The Hall–Kier alpha value is -1.76. The maximum Gasteiger partial charge on any atom is 0.118 e. The fraction of sp³-hybridized carbons (Fsp3) is 0.429. The fourth-order valence-electron chi connectivity index (χ4n) is 3.17. The van der Waals surface area contributed by atoms with E-state index in [1.165, 1.54) is 33.4 Å². The van der Waals surface area contributed by atoms with Gasteiger partial charge in [0.2, 0.25) is 0 Å². The zero-order valence-corrected chi connectivity index (χ0v) is 14.7. The average Bonchev–Trinajstić information content (AvgIpc) is 2.45. The summed E-state index contributed by atoms with van der Waals surface area (Å²) < 4.78 is 0. The highest BCUT2D eigenvalue weighted by atomic mass is 16.3. The number of phenols is 1. The highest BCUT2D eigenvalue weighted by molar-refractivity contribution is 5.41. The van der Waals surface area contributed by atoms with Crippen LogP contribution >= 0.6 is 0 Å². The lowest BCUT2D eigenvalue weighted by Crippen LogP contribution is -2.02. The maximum atomic E-state index is 9.77. The molecule has 1 N–H and O–H groups in total. The molecule has 0 aliphatic rings. The molecule has 118 valence electrons. The minimum atomic E-state index is 0.402. The smallest absolute Gasteiger partial charge is 0.118 e. The summed E-state index contributed by atoms with van der Waals surface area (Å²) in [6.07, 6.45) is 2.19. The summed E-state index contributed by atoms with van der Waals surface area (Å²) in [5.41, 5.74) is 9.12. The number of rotatable bonds is 4. The van der Waals surface area contributed by atoms with Crippen LogP contribution in [0.3, 0.4) is 0 Å². The molecule has 0 aliphatic heterocycles. The molecule has 0 fully saturated rings. The third kappa shape index (κ3) is 3.52. The summed E-state index contributed by atoms with van der Waals surface area (Å²) in [5, 5.41) is 9.77. The number of hydrogen-bond acceptors (Lipinski definition) is 1. The van der Waals surface area contributed by atoms with Crippen molar-refractivity contribution in [1.29, 1.82) is 0 Å². The van der Waals surface area contributed by atoms with Crippen molar-refractivity contribution in [2.45, 2.75) is 60.3 Å². The van der Waals surface area contributed by atoms with Crippen LogP contribution in [0.15, 0.2) is 24.3 Å². The van der Waals surface area contributed by atoms with E-state index in [4.69, 9.17) is 0 Å². The van der Waals surface area contributed by atoms with E-state index < -0.39 is 0 Å². The zero-order chi connectivity index (χ0) is 16.4. The van der Waals surface area contributed by atoms with Gasteiger partial charge in [-0.2, -0.15) is 0 Å². The molecule has 0 spiro atoms. The first-order valence-electron chi connectivity index (χ1n) is 8.16. The van der Waals surface area contributed by atoms with Gasteiger partial charge in [0.05, 0.1) is 0 Å². The molecule has 1 heteroatoms. The summed E-state index contributed by atoms with van der Waals surface area (Å²) in [6, 6.07) is 8.67. The Morgan fingerprint density at radius 1 is 0.773 bits per heavy atom. The van der Waals surface area contributed by atoms with Crippen molar-refractivity contribution < 1.29 is 5.11 Å². The molecular formula is C21H28O. The van der Waals surface area contributed by atoms with E-state index in [2.05, 4.69) is 52.8 Å². The Morgan fingerprint density at radius 2 is 1.41 bits per heavy atom. The van der Waals surface area contributed by atoms with Gasteiger partial charge in [-0.3, -0.25) is 0 Å². The number of hydrogen-bond donors (Lipinski definition) is 1. The van der Waals surface area contributed by atoms with Crippen LogP contribution in [0.2, 0.25) is 0 Å². The fourth-order valence-corrected chi connectivity index (χ4v) is 3.17. The second kappa shape index (κ2) is 6.56. The molecule has 0 saturated carbocycles. The van der Waals surface area contributed by atoms with Crippen LogP contribution in [0.5, 0.6) is 5.75 Å². The van der Waals surface area contributed by atoms with Gasteiger partial charge < -0.3 is 5.11 Å². The molecule has 0 amide bonds. The lowest BCUT2D eigenvalue weighted by molar-refractivity contribution is 0.470. The summed E-state index contributed by atoms with van der Waals surface area (Å²) in [5.74, 6) is 0.951. The van der Waals surface area contributed by atoms with E-state index in [9.17, 15) is 5.11 Å². The average molecular weight is 296 g/mol. The molecule has 0 radical (unpaired) electrons. The number of aryl methyl sites for hydroxylation is 6. The molecule has 1 unspecified atom stereocenters. The Morgan fingerprint density at radius 3 is 2.09 bits per heavy atom. The van der Waals surface area contributed by atoms with Gasteiger partial charge >= 0.3 is 0 Å². The SMILES string of the molecule is Cc1cc(C)c(C(C)CCc2cc(C)c(O)cc2C)cc1C. The van der Waals surface area contributed by atoms with Crippen LogP contribution in [0.25, 0.3) is 0 Å². The predicted molar refractivity (Wildman–Crippen MR) is 95.0 cm³/mol. The van der Waals surface area contributed by atoms with E-state index in [-0.39, 0.29) is 0 Å². The Bertz CT molecular complexity index is 683. The van der Waals surface area contributed by atoms with Gasteiger partial charge in [0, 0.05) is 0 Å². The van der Waals surface area contributed by atoms with Crippen LogP contribution in [-0.2, 0) is 6.42 Å². The molecule has 0 saturated heterocycles. The Kier molecular flexibility index (Phi) is 4.95. The van der Waals surface area contributed by atoms with E-state index >= 15 is 0 Å². The van der Waals surface area contributed by atoms with Crippen LogP contribution in [0, 0.1) is 34.6 Å². The van der Waals surface area contributed by atoms with Crippen molar-refractivity contribution in [3.05, 3.63) is 63.2 Å². The van der Waals surface area contributed by atoms with Gasteiger partial charge in [-0.25, -0.2) is 0 Å². The van der Waals surface area contributed by atoms with Gasteiger partial charge in [-0.05, 0) is 98.4 Å². The van der Waals surface area contributed by atoms with Crippen LogP contribution in [-0.4, -0.2) is 5.11 Å². The maximum absolute atomic E-state index is 9.77. The van der Waals surface area contributed by atoms with Gasteiger partial charge in [0.25, 0.3) is 0 Å². The van der Waals surface area contributed by atoms with E-state index in [0.717, 1.165) is 18.4 Å². The third-order valence-electron chi connectivity index (χ3n) is 4.91. The molecule has 0 bridgehead atoms. The second-order valence-electron chi connectivity index (χ2n) is 6.80. The standard InChI is InChI=1S/C21H28O/c1-13(20-11-15(3)14(2)9-17(20)5)7-8-19-10-18(6)21(22)12-16(19)4/h9-13,22H,7-8H2,1-6H3. The van der Waals surface area contributed by atoms with Crippen molar-refractivity contribution >= 4 is 0 Å². The monoisotopic (exact) mass is 296 g/mol. The minimum absolute atomic E-state index is 0.402. The molecule has 2 rings (SSSR count). The predicted octanol–water partition coefficient (Wildman–Crippen LogP) is 5.67. The molecule has 1 nitrogen and oxygen atoms in total. The third-order valence-corrected chi connectivity index (χ3v) is 4.91. The van der Waals surface area contributed by atoms with Gasteiger partial charge in [0.1, 0.15) is 5.75 Å². The number of aromatic hydroxyl groups is 1. The number of benzene rings is 2. The molecule has 2 aromatic rings. The lowest BCUT2D eigenvalue weighted by atomic mass is 9.88. The molecule has 1 atom stereocenters. The largest absolute Gasteiger partial charge is 0.508 e. The van der Waals surface area contributed by atoms with E-state index in [1.54, 1.807) is 0 Å². The van der Waals surface area contributed by atoms with Crippen molar-refractivity contribution in [3.8, 4) is 5.75 Å². The quantitative estimate of drug-likeness (QED) is 0.770. The first kappa shape index (κ1) is 16.6. The zero-order valence-electron chi connectivity index (χ0n) is 14.7. The van der Waals surface area contributed by atoms with Crippen LogP contribution in [0.4, 0.5) is 0 Å². The highest BCUT2D eigenvalue weighted by Crippen LogP contribution is 2.29. The highest BCUT2D eigenvalue weighted by Gasteiger charge is 2.12. The van der Waals surface area contributed by atoms with Crippen LogP contribution < -0.4 is 0 Å². The first-order valence-corrected chi connectivity index (χ1v) is 8.16. The Labute approximate surface area is 135 Å². The van der Waals surface area contributed by atoms with Crippen LogP contribution in [0.1, 0.15) is 58.2 Å².